The number of nitrogens with zero attached hydrogens (tertiary/aromatic N) is 1. The van der Waals surface area contributed by atoms with Crippen molar-refractivity contribution in [2.75, 3.05) is 13.1 Å². The highest BCUT2D eigenvalue weighted by Gasteiger charge is 2.39. The summed E-state index contributed by atoms with van der Waals surface area (Å²) in [5, 5.41) is 2.92. The molecule has 0 amide bonds. The molecular formula is C9H11FN2. The molecule has 64 valence electrons. The molecule has 2 rings (SSSR count). The van der Waals surface area contributed by atoms with Crippen LogP contribution in [0.25, 0.3) is 0 Å². The SMILES string of the molecule is Cc1ccncc1C1(F)CNC1. The Bertz CT molecular complexity index is 294. The molecular weight excluding hydrogens is 155 g/mol. The molecule has 0 aromatic carbocycles. The number of aryl methyl sites for hydroxylation is 1. The predicted octanol–water partition coefficient (Wildman–Crippen LogP) is 1.16. The van der Waals surface area contributed by atoms with E-state index in [1.807, 2.05) is 13.0 Å². The Balaban J connectivity index is 2.39. The number of halogens is 1. The van der Waals surface area contributed by atoms with Crippen LogP contribution >= 0.6 is 0 Å². The van der Waals surface area contributed by atoms with Crippen LogP contribution in [0, 0.1) is 6.92 Å². The van der Waals surface area contributed by atoms with Crippen molar-refractivity contribution in [1.29, 1.82) is 0 Å². The van der Waals surface area contributed by atoms with Gasteiger partial charge in [-0.3, -0.25) is 4.98 Å². The number of hydrogen-bond donors (Lipinski definition) is 1. The van der Waals surface area contributed by atoms with Gasteiger partial charge in [0, 0.05) is 31.0 Å². The zero-order valence-electron chi connectivity index (χ0n) is 6.97. The molecule has 0 unspecified atom stereocenters. The van der Waals surface area contributed by atoms with Crippen molar-refractivity contribution in [3.8, 4) is 0 Å². The van der Waals surface area contributed by atoms with E-state index in [4.69, 9.17) is 0 Å². The lowest BCUT2D eigenvalue weighted by molar-refractivity contribution is 0.0880. The summed E-state index contributed by atoms with van der Waals surface area (Å²) >= 11 is 0. The van der Waals surface area contributed by atoms with Gasteiger partial charge in [-0.15, -0.1) is 0 Å². The summed E-state index contributed by atoms with van der Waals surface area (Å²) in [6.45, 7) is 2.75. The highest BCUT2D eigenvalue weighted by Crippen LogP contribution is 2.31. The molecule has 1 saturated heterocycles. The van der Waals surface area contributed by atoms with Gasteiger partial charge in [0.1, 0.15) is 0 Å². The quantitative estimate of drug-likeness (QED) is 0.677. The van der Waals surface area contributed by atoms with Crippen LogP contribution in [0.1, 0.15) is 11.1 Å². The van der Waals surface area contributed by atoms with E-state index in [0.717, 1.165) is 11.1 Å². The molecule has 0 spiro atoms. The van der Waals surface area contributed by atoms with Gasteiger partial charge in [-0.1, -0.05) is 0 Å². The maximum atomic E-state index is 13.8. The molecule has 1 N–H and O–H groups in total. The standard InChI is InChI=1S/C9H11FN2/c1-7-2-3-11-4-8(7)9(10)5-12-6-9/h2-4,12H,5-6H2,1H3. The number of rotatable bonds is 1. The summed E-state index contributed by atoms with van der Waals surface area (Å²) in [7, 11) is 0. The zero-order valence-corrected chi connectivity index (χ0v) is 6.97. The summed E-state index contributed by atoms with van der Waals surface area (Å²) in [6, 6.07) is 1.84. The fraction of sp³-hybridized carbons (Fsp3) is 0.444. The van der Waals surface area contributed by atoms with Gasteiger partial charge in [0.15, 0.2) is 5.67 Å². The van der Waals surface area contributed by atoms with E-state index in [0.29, 0.717) is 13.1 Å². The molecule has 0 bridgehead atoms. The lowest BCUT2D eigenvalue weighted by atomic mass is 9.88. The van der Waals surface area contributed by atoms with Gasteiger partial charge in [0.05, 0.1) is 0 Å². The first-order valence-electron chi connectivity index (χ1n) is 4.03. The fourth-order valence-electron chi connectivity index (χ4n) is 1.47. The molecule has 0 radical (unpaired) electrons. The van der Waals surface area contributed by atoms with Gasteiger partial charge in [-0.25, -0.2) is 4.39 Å². The van der Waals surface area contributed by atoms with Crippen LogP contribution in [-0.2, 0) is 5.67 Å². The average Bonchev–Trinajstić information content (AvgIpc) is 2.01. The Kier molecular flexibility index (Phi) is 1.61. The Morgan fingerprint density at radius 1 is 1.58 bits per heavy atom. The molecule has 2 nitrogen and oxygen atoms in total. The minimum absolute atomic E-state index is 0.416. The van der Waals surface area contributed by atoms with Crippen molar-refractivity contribution in [3.63, 3.8) is 0 Å². The van der Waals surface area contributed by atoms with Gasteiger partial charge < -0.3 is 5.32 Å². The van der Waals surface area contributed by atoms with Crippen molar-refractivity contribution < 1.29 is 4.39 Å². The third kappa shape index (κ3) is 1.01. The molecule has 1 fully saturated rings. The highest BCUT2D eigenvalue weighted by atomic mass is 19.1. The van der Waals surface area contributed by atoms with E-state index in [1.165, 1.54) is 0 Å². The normalized spacial score (nSPS) is 20.2. The van der Waals surface area contributed by atoms with Crippen LogP contribution in [-0.4, -0.2) is 18.1 Å². The van der Waals surface area contributed by atoms with Crippen LogP contribution in [0.15, 0.2) is 18.5 Å². The summed E-state index contributed by atoms with van der Waals surface area (Å²) in [5.74, 6) is 0. The molecule has 1 aromatic rings. The Labute approximate surface area is 70.8 Å². The third-order valence-electron chi connectivity index (χ3n) is 2.33. The van der Waals surface area contributed by atoms with Gasteiger partial charge in [-0.05, 0) is 18.6 Å². The average molecular weight is 166 g/mol. The number of pyridine rings is 1. The van der Waals surface area contributed by atoms with Crippen LogP contribution in [0.2, 0.25) is 0 Å². The molecule has 2 heterocycles. The minimum Gasteiger partial charge on any atom is -0.310 e. The monoisotopic (exact) mass is 166 g/mol. The number of hydrogen-bond acceptors (Lipinski definition) is 2. The summed E-state index contributed by atoms with van der Waals surface area (Å²) in [6.07, 6.45) is 3.31. The smallest absolute Gasteiger partial charge is 0.162 e. The first-order chi connectivity index (χ1) is 5.72. The molecule has 3 heteroatoms. The number of nitrogens with one attached hydrogen (secondary N) is 1. The first kappa shape index (κ1) is 7.68. The summed E-state index contributed by atoms with van der Waals surface area (Å²) < 4.78 is 13.8. The second-order valence-corrected chi connectivity index (χ2v) is 3.26. The topological polar surface area (TPSA) is 24.9 Å². The van der Waals surface area contributed by atoms with Crippen LogP contribution in [0.5, 0.6) is 0 Å². The van der Waals surface area contributed by atoms with Gasteiger partial charge in [0.25, 0.3) is 0 Å². The molecule has 1 aliphatic rings. The van der Waals surface area contributed by atoms with Crippen molar-refractivity contribution in [3.05, 3.63) is 29.6 Å². The third-order valence-corrected chi connectivity index (χ3v) is 2.33. The lowest BCUT2D eigenvalue weighted by Gasteiger charge is -2.35. The van der Waals surface area contributed by atoms with Crippen LogP contribution < -0.4 is 5.32 Å². The van der Waals surface area contributed by atoms with Crippen LogP contribution in [0.3, 0.4) is 0 Å². The van der Waals surface area contributed by atoms with Crippen molar-refractivity contribution in [1.82, 2.24) is 10.3 Å². The Morgan fingerprint density at radius 2 is 2.33 bits per heavy atom. The molecule has 0 atom stereocenters. The number of alkyl halides is 1. The van der Waals surface area contributed by atoms with Crippen LogP contribution in [0.4, 0.5) is 4.39 Å². The van der Waals surface area contributed by atoms with E-state index >= 15 is 0 Å². The Morgan fingerprint density at radius 3 is 2.83 bits per heavy atom. The molecule has 0 aliphatic carbocycles. The Hall–Kier alpha value is -0.960. The zero-order chi connectivity index (χ0) is 8.60. The van der Waals surface area contributed by atoms with E-state index in [-0.39, 0.29) is 0 Å². The van der Waals surface area contributed by atoms with Crippen molar-refractivity contribution in [2.24, 2.45) is 0 Å². The highest BCUT2D eigenvalue weighted by molar-refractivity contribution is 5.31. The van der Waals surface area contributed by atoms with Crippen molar-refractivity contribution >= 4 is 0 Å². The largest absolute Gasteiger partial charge is 0.310 e. The number of aromatic nitrogens is 1. The van der Waals surface area contributed by atoms with E-state index in [2.05, 4.69) is 10.3 Å². The second-order valence-electron chi connectivity index (χ2n) is 3.26. The maximum absolute atomic E-state index is 13.8. The summed E-state index contributed by atoms with van der Waals surface area (Å²) in [5.41, 5.74) is 0.538. The van der Waals surface area contributed by atoms with E-state index in [1.54, 1.807) is 12.4 Å². The van der Waals surface area contributed by atoms with Gasteiger partial charge >= 0.3 is 0 Å². The fourth-order valence-corrected chi connectivity index (χ4v) is 1.47. The maximum Gasteiger partial charge on any atom is 0.162 e. The van der Waals surface area contributed by atoms with Gasteiger partial charge in [-0.2, -0.15) is 0 Å². The molecule has 12 heavy (non-hydrogen) atoms. The first-order valence-corrected chi connectivity index (χ1v) is 4.03. The molecule has 1 aromatic heterocycles. The van der Waals surface area contributed by atoms with E-state index < -0.39 is 5.67 Å². The van der Waals surface area contributed by atoms with E-state index in [9.17, 15) is 4.39 Å². The second kappa shape index (κ2) is 2.52. The molecule has 1 aliphatic heterocycles. The minimum atomic E-state index is -1.17. The predicted molar refractivity (Wildman–Crippen MR) is 44.6 cm³/mol. The van der Waals surface area contributed by atoms with Crippen molar-refractivity contribution in [2.45, 2.75) is 12.6 Å². The van der Waals surface area contributed by atoms with Gasteiger partial charge in [0.2, 0.25) is 0 Å². The lowest BCUT2D eigenvalue weighted by Crippen LogP contribution is -2.54. The summed E-state index contributed by atoms with van der Waals surface area (Å²) in [4.78, 5) is 3.93. The molecule has 0 saturated carbocycles.